The maximum absolute atomic E-state index is 8.99. The number of rotatable bonds is 7. The fourth-order valence-electron chi connectivity index (χ4n) is 2.30. The number of hydrogen-bond acceptors (Lipinski definition) is 3. The zero-order chi connectivity index (χ0) is 13.7. The summed E-state index contributed by atoms with van der Waals surface area (Å²) in [6.45, 7) is 3.91. The van der Waals surface area contributed by atoms with Crippen molar-refractivity contribution in [2.75, 3.05) is 20.2 Å². The molecule has 0 spiro atoms. The lowest BCUT2D eigenvalue weighted by Crippen LogP contribution is -2.25. The van der Waals surface area contributed by atoms with Gasteiger partial charge in [-0.05, 0) is 49.4 Å². The van der Waals surface area contributed by atoms with Gasteiger partial charge in [0.15, 0.2) is 0 Å². The minimum atomic E-state index is -0.0471. The van der Waals surface area contributed by atoms with Crippen LogP contribution in [0.15, 0.2) is 18.2 Å². The van der Waals surface area contributed by atoms with Gasteiger partial charge in [-0.15, -0.1) is 0 Å². The average Bonchev–Trinajstić information content (AvgIpc) is 3.24. The van der Waals surface area contributed by atoms with Gasteiger partial charge < -0.3 is 10.1 Å². The summed E-state index contributed by atoms with van der Waals surface area (Å²) < 4.78 is 5.33. The van der Waals surface area contributed by atoms with Crippen molar-refractivity contribution in [3.05, 3.63) is 29.3 Å². The fourth-order valence-corrected chi connectivity index (χ4v) is 2.30. The van der Waals surface area contributed by atoms with E-state index >= 15 is 0 Å². The lowest BCUT2D eigenvalue weighted by Gasteiger charge is -2.11. The number of nitrogens with zero attached hydrogens (tertiary/aromatic N) is 1. The molecule has 3 heteroatoms. The third-order valence-electron chi connectivity index (χ3n) is 3.87. The topological polar surface area (TPSA) is 45.0 Å². The van der Waals surface area contributed by atoms with Crippen LogP contribution >= 0.6 is 0 Å². The standard InChI is InChI=1S/C16H22N2O/c1-3-14-10-13(4-5-15(14)19-2)6-9-18-12-16(11-17)7-8-16/h4-5,10,18H,3,6-9,12H2,1-2H3. The Kier molecular flexibility index (Phi) is 4.44. The molecule has 1 aromatic carbocycles. The molecule has 0 heterocycles. The lowest BCUT2D eigenvalue weighted by atomic mass is 10.0. The van der Waals surface area contributed by atoms with Crippen LogP contribution in [0.1, 0.15) is 30.9 Å². The summed E-state index contributed by atoms with van der Waals surface area (Å²) in [6, 6.07) is 8.79. The molecule has 0 aliphatic heterocycles. The third-order valence-corrected chi connectivity index (χ3v) is 3.87. The van der Waals surface area contributed by atoms with Crippen LogP contribution in [0, 0.1) is 16.7 Å². The molecule has 102 valence electrons. The van der Waals surface area contributed by atoms with Gasteiger partial charge in [0.25, 0.3) is 0 Å². The number of benzene rings is 1. The minimum absolute atomic E-state index is 0.0471. The van der Waals surface area contributed by atoms with Gasteiger partial charge in [-0.2, -0.15) is 5.26 Å². The molecule has 19 heavy (non-hydrogen) atoms. The molecule has 1 aliphatic rings. The predicted molar refractivity (Wildman–Crippen MR) is 76.2 cm³/mol. The van der Waals surface area contributed by atoms with Crippen molar-refractivity contribution in [2.45, 2.75) is 32.6 Å². The zero-order valence-electron chi connectivity index (χ0n) is 11.8. The van der Waals surface area contributed by atoms with Gasteiger partial charge in [-0.1, -0.05) is 19.1 Å². The van der Waals surface area contributed by atoms with E-state index in [9.17, 15) is 0 Å². The first-order valence-electron chi connectivity index (χ1n) is 7.01. The summed E-state index contributed by atoms with van der Waals surface area (Å²) in [7, 11) is 1.71. The van der Waals surface area contributed by atoms with Crippen molar-refractivity contribution in [3.8, 4) is 11.8 Å². The Morgan fingerprint density at radius 1 is 1.42 bits per heavy atom. The van der Waals surface area contributed by atoms with Gasteiger partial charge in [-0.3, -0.25) is 0 Å². The number of hydrogen-bond donors (Lipinski definition) is 1. The smallest absolute Gasteiger partial charge is 0.122 e. The van der Waals surface area contributed by atoms with Gasteiger partial charge in [0, 0.05) is 6.54 Å². The highest BCUT2D eigenvalue weighted by molar-refractivity contribution is 5.37. The number of methoxy groups -OCH3 is 1. The number of nitrogens with one attached hydrogen (secondary N) is 1. The summed E-state index contributed by atoms with van der Waals surface area (Å²) in [5.41, 5.74) is 2.54. The summed E-state index contributed by atoms with van der Waals surface area (Å²) in [5.74, 6) is 0.973. The SMILES string of the molecule is CCc1cc(CCNCC2(C#N)CC2)ccc1OC. The van der Waals surface area contributed by atoms with Crippen LogP contribution in [0.4, 0.5) is 0 Å². The average molecular weight is 258 g/mol. The molecule has 0 aromatic heterocycles. The summed E-state index contributed by atoms with van der Waals surface area (Å²) in [5, 5.41) is 12.4. The van der Waals surface area contributed by atoms with Gasteiger partial charge in [0.05, 0.1) is 18.6 Å². The maximum atomic E-state index is 8.99. The Bertz CT molecular complexity index is 472. The van der Waals surface area contributed by atoms with Crippen LogP contribution in [0.5, 0.6) is 5.75 Å². The van der Waals surface area contributed by atoms with Gasteiger partial charge in [0.1, 0.15) is 5.75 Å². The minimum Gasteiger partial charge on any atom is -0.496 e. The van der Waals surface area contributed by atoms with E-state index in [4.69, 9.17) is 10.00 Å². The zero-order valence-corrected chi connectivity index (χ0v) is 11.8. The molecular formula is C16H22N2O. The summed E-state index contributed by atoms with van der Waals surface area (Å²) in [4.78, 5) is 0. The van der Waals surface area contributed by atoms with Crippen LogP contribution in [0.3, 0.4) is 0 Å². The van der Waals surface area contributed by atoms with Crippen molar-refractivity contribution in [1.29, 1.82) is 5.26 Å². The summed E-state index contributed by atoms with van der Waals surface area (Å²) in [6.07, 6.45) is 4.10. The second-order valence-corrected chi connectivity index (χ2v) is 5.32. The van der Waals surface area contributed by atoms with Crippen LogP contribution in [-0.2, 0) is 12.8 Å². The normalized spacial score (nSPS) is 15.8. The molecule has 2 rings (SSSR count). The van der Waals surface area contributed by atoms with Gasteiger partial charge in [0.2, 0.25) is 0 Å². The molecule has 0 amide bonds. The molecule has 1 N–H and O–H groups in total. The molecule has 0 bridgehead atoms. The quantitative estimate of drug-likeness (QED) is 0.765. The molecule has 1 saturated carbocycles. The van der Waals surface area contributed by atoms with Crippen molar-refractivity contribution in [2.24, 2.45) is 5.41 Å². The highest BCUT2D eigenvalue weighted by atomic mass is 16.5. The van der Waals surface area contributed by atoms with Crippen molar-refractivity contribution in [3.63, 3.8) is 0 Å². The van der Waals surface area contributed by atoms with Crippen LogP contribution < -0.4 is 10.1 Å². The third kappa shape index (κ3) is 3.48. The largest absolute Gasteiger partial charge is 0.496 e. The van der Waals surface area contributed by atoms with E-state index in [1.165, 1.54) is 11.1 Å². The molecular weight excluding hydrogens is 236 g/mol. The Labute approximate surface area is 115 Å². The molecule has 1 aromatic rings. The van der Waals surface area contributed by atoms with E-state index in [1.54, 1.807) is 7.11 Å². The fraction of sp³-hybridized carbons (Fsp3) is 0.562. The first-order valence-corrected chi connectivity index (χ1v) is 7.01. The van der Waals surface area contributed by atoms with E-state index in [0.29, 0.717) is 0 Å². The van der Waals surface area contributed by atoms with Gasteiger partial charge >= 0.3 is 0 Å². The van der Waals surface area contributed by atoms with Crippen LogP contribution in [0.25, 0.3) is 0 Å². The van der Waals surface area contributed by atoms with Gasteiger partial charge in [-0.25, -0.2) is 0 Å². The van der Waals surface area contributed by atoms with Crippen LogP contribution in [0.2, 0.25) is 0 Å². The first-order chi connectivity index (χ1) is 9.23. The number of nitriles is 1. The van der Waals surface area contributed by atoms with Crippen molar-refractivity contribution >= 4 is 0 Å². The number of aryl methyl sites for hydroxylation is 1. The van der Waals surface area contributed by atoms with E-state index in [0.717, 1.165) is 44.5 Å². The molecule has 0 atom stereocenters. The second kappa shape index (κ2) is 6.08. The number of ether oxygens (including phenoxy) is 1. The molecule has 1 aliphatic carbocycles. The molecule has 0 saturated heterocycles. The summed E-state index contributed by atoms with van der Waals surface area (Å²) >= 11 is 0. The van der Waals surface area contributed by atoms with E-state index in [-0.39, 0.29) is 5.41 Å². The maximum Gasteiger partial charge on any atom is 0.122 e. The van der Waals surface area contributed by atoms with Crippen LogP contribution in [-0.4, -0.2) is 20.2 Å². The Morgan fingerprint density at radius 2 is 2.21 bits per heavy atom. The monoisotopic (exact) mass is 258 g/mol. The van der Waals surface area contributed by atoms with E-state index in [2.05, 4.69) is 30.4 Å². The molecule has 0 unspecified atom stereocenters. The Morgan fingerprint density at radius 3 is 2.79 bits per heavy atom. The molecule has 3 nitrogen and oxygen atoms in total. The highest BCUT2D eigenvalue weighted by Crippen LogP contribution is 2.43. The van der Waals surface area contributed by atoms with Crippen molar-refractivity contribution < 1.29 is 4.74 Å². The van der Waals surface area contributed by atoms with Crippen molar-refractivity contribution in [1.82, 2.24) is 5.32 Å². The van der Waals surface area contributed by atoms with E-state index < -0.39 is 0 Å². The van der Waals surface area contributed by atoms with E-state index in [1.807, 2.05) is 6.07 Å². The lowest BCUT2D eigenvalue weighted by molar-refractivity contribution is 0.410. The first kappa shape index (κ1) is 13.9. The second-order valence-electron chi connectivity index (χ2n) is 5.32. The highest BCUT2D eigenvalue weighted by Gasteiger charge is 2.42. The Hall–Kier alpha value is -1.53. The molecule has 0 radical (unpaired) electrons. The predicted octanol–water partition coefficient (Wildman–Crippen LogP) is 2.69. The Balaban J connectivity index is 1.81. The molecule has 1 fully saturated rings.